The third-order valence-corrected chi connectivity index (χ3v) is 5.40. The predicted molar refractivity (Wildman–Crippen MR) is 117 cm³/mol. The summed E-state index contributed by atoms with van der Waals surface area (Å²) in [5.41, 5.74) is 2.23. The van der Waals surface area contributed by atoms with Crippen LogP contribution in [0.5, 0.6) is 5.75 Å². The molecule has 0 aliphatic heterocycles. The van der Waals surface area contributed by atoms with Gasteiger partial charge in [0.25, 0.3) is 0 Å². The van der Waals surface area contributed by atoms with Crippen LogP contribution in [0.3, 0.4) is 0 Å². The molecule has 0 aliphatic carbocycles. The minimum absolute atomic E-state index is 0.299. The number of fused-ring (bicyclic) bond motifs is 1. The van der Waals surface area contributed by atoms with E-state index in [4.69, 9.17) is 4.74 Å². The summed E-state index contributed by atoms with van der Waals surface area (Å²) < 4.78 is 61.0. The van der Waals surface area contributed by atoms with Crippen molar-refractivity contribution in [3.63, 3.8) is 0 Å². The number of nitrogens with zero attached hydrogens (tertiary/aromatic N) is 3. The van der Waals surface area contributed by atoms with Crippen molar-refractivity contribution in [2.24, 2.45) is 0 Å². The molecule has 2 aromatic carbocycles. The van der Waals surface area contributed by atoms with Gasteiger partial charge >= 0.3 is 6.18 Å². The van der Waals surface area contributed by atoms with Crippen molar-refractivity contribution in [3.05, 3.63) is 71.3 Å². The highest BCUT2D eigenvalue weighted by atomic mass is 19.4. The Kier molecular flexibility index (Phi) is 6.07. The summed E-state index contributed by atoms with van der Waals surface area (Å²) in [7, 11) is 1.56. The molecule has 0 fully saturated rings. The smallest absolute Gasteiger partial charge is 0.419 e. The molecule has 2 aromatic heterocycles. The van der Waals surface area contributed by atoms with Gasteiger partial charge in [-0.2, -0.15) is 13.2 Å². The maximum absolute atomic E-state index is 14.5. The maximum Gasteiger partial charge on any atom is 0.419 e. The molecule has 0 unspecified atom stereocenters. The number of imidazole rings is 1. The van der Waals surface area contributed by atoms with E-state index in [1.165, 1.54) is 6.07 Å². The fraction of sp³-hybridized carbons (Fsp3) is 0.250. The number of hydrogen-bond acceptors (Lipinski definition) is 4. The zero-order valence-corrected chi connectivity index (χ0v) is 18.3. The Bertz CT molecular complexity index is 1310. The third kappa shape index (κ3) is 4.28. The van der Waals surface area contributed by atoms with Crippen LogP contribution in [0.2, 0.25) is 0 Å². The highest BCUT2D eigenvalue weighted by molar-refractivity contribution is 5.73. The molecule has 0 spiro atoms. The number of alkyl halides is 3. The topological polar surface area (TPSA) is 51.5 Å². The molecule has 1 N–H and O–H groups in total. The number of aryl methyl sites for hydroxylation is 1. The van der Waals surface area contributed by atoms with Gasteiger partial charge in [-0.25, -0.2) is 14.4 Å². The van der Waals surface area contributed by atoms with Gasteiger partial charge in [0.15, 0.2) is 0 Å². The van der Waals surface area contributed by atoms with Gasteiger partial charge in [0, 0.05) is 35.1 Å². The van der Waals surface area contributed by atoms with E-state index >= 15 is 0 Å². The summed E-state index contributed by atoms with van der Waals surface area (Å²) in [6, 6.07) is 10.3. The van der Waals surface area contributed by atoms with Gasteiger partial charge in [0.05, 0.1) is 24.1 Å². The maximum atomic E-state index is 14.5. The molecule has 2 heterocycles. The number of methoxy groups -OCH3 is 1. The molecule has 0 aliphatic rings. The highest BCUT2D eigenvalue weighted by Crippen LogP contribution is 2.36. The average molecular weight is 458 g/mol. The number of benzene rings is 2. The largest absolute Gasteiger partial charge is 0.496 e. The number of halogens is 4. The number of rotatable bonds is 6. The van der Waals surface area contributed by atoms with E-state index in [0.717, 1.165) is 23.3 Å². The fourth-order valence-corrected chi connectivity index (χ4v) is 3.80. The lowest BCUT2D eigenvalue weighted by atomic mass is 10.0. The van der Waals surface area contributed by atoms with Crippen LogP contribution in [0.25, 0.3) is 28.3 Å². The van der Waals surface area contributed by atoms with Gasteiger partial charge in [-0.3, -0.25) is 4.40 Å². The van der Waals surface area contributed by atoms with Crippen LogP contribution in [0.1, 0.15) is 23.7 Å². The molecule has 172 valence electrons. The van der Waals surface area contributed by atoms with Crippen molar-refractivity contribution in [1.82, 2.24) is 19.7 Å². The van der Waals surface area contributed by atoms with Crippen LogP contribution < -0.4 is 10.1 Å². The summed E-state index contributed by atoms with van der Waals surface area (Å²) in [4.78, 5) is 9.21. The second kappa shape index (κ2) is 8.82. The van der Waals surface area contributed by atoms with Gasteiger partial charge in [-0.05, 0) is 37.7 Å². The first-order chi connectivity index (χ1) is 15.7. The standard InChI is InChI=1S/C24H22F4N4O/c1-4-29-12-17-14(2)30-23-31-20(16-7-5-6-8-21(16)33-3)13-32(23)22(17)15-9-10-18(19(25)11-15)24(26,27)28/h5-11,13,29H,4,12H2,1-3H3. The van der Waals surface area contributed by atoms with E-state index in [-0.39, 0.29) is 0 Å². The molecule has 0 bridgehead atoms. The van der Waals surface area contributed by atoms with E-state index in [1.807, 2.05) is 25.1 Å². The summed E-state index contributed by atoms with van der Waals surface area (Å²) in [6.45, 7) is 4.82. The zero-order valence-electron chi connectivity index (χ0n) is 18.3. The van der Waals surface area contributed by atoms with Gasteiger partial charge in [-0.15, -0.1) is 0 Å². The average Bonchev–Trinajstić information content (AvgIpc) is 3.19. The fourth-order valence-electron chi connectivity index (χ4n) is 3.80. The minimum atomic E-state index is -4.77. The van der Waals surface area contributed by atoms with Crippen LogP contribution in [0, 0.1) is 12.7 Å². The number of ether oxygens (including phenoxy) is 1. The van der Waals surface area contributed by atoms with Crippen molar-refractivity contribution < 1.29 is 22.3 Å². The van der Waals surface area contributed by atoms with Gasteiger partial charge < -0.3 is 10.1 Å². The molecule has 0 saturated heterocycles. The lowest BCUT2D eigenvalue weighted by Gasteiger charge is -2.16. The quantitative estimate of drug-likeness (QED) is 0.380. The first-order valence-electron chi connectivity index (χ1n) is 10.3. The van der Waals surface area contributed by atoms with Crippen molar-refractivity contribution in [3.8, 4) is 28.3 Å². The lowest BCUT2D eigenvalue weighted by Crippen LogP contribution is -2.16. The molecule has 0 radical (unpaired) electrons. The Morgan fingerprint density at radius 1 is 1.09 bits per heavy atom. The number of nitrogens with one attached hydrogen (secondary N) is 1. The van der Waals surface area contributed by atoms with Crippen LogP contribution in [0.4, 0.5) is 17.6 Å². The van der Waals surface area contributed by atoms with Crippen LogP contribution in [-0.4, -0.2) is 28.0 Å². The highest BCUT2D eigenvalue weighted by Gasteiger charge is 2.34. The monoisotopic (exact) mass is 458 g/mol. The number of aromatic nitrogens is 3. The minimum Gasteiger partial charge on any atom is -0.496 e. The lowest BCUT2D eigenvalue weighted by molar-refractivity contribution is -0.139. The second-order valence-corrected chi connectivity index (χ2v) is 7.49. The summed E-state index contributed by atoms with van der Waals surface area (Å²) >= 11 is 0. The molecular formula is C24H22F4N4O. The van der Waals surface area contributed by atoms with E-state index in [9.17, 15) is 17.6 Å². The Morgan fingerprint density at radius 2 is 1.85 bits per heavy atom. The van der Waals surface area contributed by atoms with E-state index in [2.05, 4.69) is 15.3 Å². The molecule has 4 rings (SSSR count). The molecule has 0 amide bonds. The molecule has 9 heteroatoms. The van der Waals surface area contributed by atoms with Crippen LogP contribution in [0.15, 0.2) is 48.7 Å². The molecule has 4 aromatic rings. The SMILES string of the molecule is CCNCc1c(C)nc2nc(-c3ccccc3OC)cn2c1-c1ccc(C(F)(F)F)c(F)c1. The number of hydrogen-bond donors (Lipinski definition) is 1. The van der Waals surface area contributed by atoms with Crippen LogP contribution >= 0.6 is 0 Å². The number of para-hydroxylation sites is 1. The molecule has 33 heavy (non-hydrogen) atoms. The molecule has 5 nitrogen and oxygen atoms in total. The Balaban J connectivity index is 1.98. The molecule has 0 atom stereocenters. The Labute approximate surface area is 188 Å². The molecular weight excluding hydrogens is 436 g/mol. The predicted octanol–water partition coefficient (Wildman–Crippen LogP) is 5.65. The molecule has 0 saturated carbocycles. The summed E-state index contributed by atoms with van der Waals surface area (Å²) in [5.74, 6) is -0.362. The van der Waals surface area contributed by atoms with Crippen molar-refractivity contribution in [2.45, 2.75) is 26.6 Å². The summed E-state index contributed by atoms with van der Waals surface area (Å²) in [6.07, 6.45) is -3.04. The van der Waals surface area contributed by atoms with Crippen LogP contribution in [-0.2, 0) is 12.7 Å². The van der Waals surface area contributed by atoms with E-state index in [0.29, 0.717) is 47.3 Å². The first kappa shape index (κ1) is 22.7. The zero-order chi connectivity index (χ0) is 23.8. The van der Waals surface area contributed by atoms with Crippen molar-refractivity contribution in [1.29, 1.82) is 0 Å². The Morgan fingerprint density at radius 3 is 2.52 bits per heavy atom. The van der Waals surface area contributed by atoms with Gasteiger partial charge in [0.2, 0.25) is 5.78 Å². The van der Waals surface area contributed by atoms with Crippen molar-refractivity contribution >= 4 is 5.78 Å². The summed E-state index contributed by atoms with van der Waals surface area (Å²) in [5, 5.41) is 3.22. The first-order valence-corrected chi connectivity index (χ1v) is 10.3. The second-order valence-electron chi connectivity index (χ2n) is 7.49. The van der Waals surface area contributed by atoms with E-state index < -0.39 is 17.6 Å². The normalized spacial score (nSPS) is 11.8. The van der Waals surface area contributed by atoms with Crippen molar-refractivity contribution in [2.75, 3.05) is 13.7 Å². The van der Waals surface area contributed by atoms with Gasteiger partial charge in [0.1, 0.15) is 11.6 Å². The van der Waals surface area contributed by atoms with Gasteiger partial charge in [-0.1, -0.05) is 25.1 Å². The van der Waals surface area contributed by atoms with E-state index in [1.54, 1.807) is 30.7 Å². The third-order valence-electron chi connectivity index (χ3n) is 5.40. The Hall–Kier alpha value is -3.46.